The van der Waals surface area contributed by atoms with Crippen molar-refractivity contribution in [1.82, 2.24) is 14.7 Å². The fourth-order valence-electron chi connectivity index (χ4n) is 5.73. The van der Waals surface area contributed by atoms with E-state index in [1.54, 1.807) is 12.1 Å². The average Bonchev–Trinajstić information content (AvgIpc) is 2.92. The second-order valence-corrected chi connectivity index (χ2v) is 12.5. The monoisotopic (exact) mass is 613 g/mol. The zero-order valence-corrected chi connectivity index (χ0v) is 25.4. The SMILES string of the molecule is CC(C)CC(N)c1cc(C(F)(F)F)ccc1N1CCN(C(=O)C(Cc2ccc(Cl)cc2Cl)N2CCN(C)CC2)CC1. The van der Waals surface area contributed by atoms with Crippen molar-refractivity contribution >= 4 is 34.8 Å². The summed E-state index contributed by atoms with van der Waals surface area (Å²) >= 11 is 12.6. The van der Waals surface area contributed by atoms with Crippen molar-refractivity contribution in [2.75, 3.05) is 64.3 Å². The predicted molar refractivity (Wildman–Crippen MR) is 160 cm³/mol. The molecule has 6 nitrogen and oxygen atoms in total. The summed E-state index contributed by atoms with van der Waals surface area (Å²) in [6.45, 7) is 9.27. The number of nitrogens with two attached hydrogens (primary N) is 1. The van der Waals surface area contributed by atoms with Crippen LogP contribution in [0.2, 0.25) is 10.0 Å². The van der Waals surface area contributed by atoms with E-state index >= 15 is 0 Å². The van der Waals surface area contributed by atoms with Crippen molar-refractivity contribution < 1.29 is 18.0 Å². The van der Waals surface area contributed by atoms with E-state index in [1.807, 2.05) is 24.8 Å². The van der Waals surface area contributed by atoms with Gasteiger partial charge in [0.15, 0.2) is 0 Å². The van der Waals surface area contributed by atoms with Gasteiger partial charge in [-0.2, -0.15) is 13.2 Å². The van der Waals surface area contributed by atoms with Crippen LogP contribution in [-0.2, 0) is 17.4 Å². The number of hydrogen-bond donors (Lipinski definition) is 1. The van der Waals surface area contributed by atoms with Gasteiger partial charge in [-0.15, -0.1) is 0 Å². The first kappa shape index (κ1) is 31.9. The minimum Gasteiger partial charge on any atom is -0.368 e. The molecule has 2 N–H and O–H groups in total. The lowest BCUT2D eigenvalue weighted by atomic mass is 9.94. The average molecular weight is 615 g/mol. The fraction of sp³-hybridized carbons (Fsp3) is 0.567. The molecule has 2 atom stereocenters. The minimum absolute atomic E-state index is 0.0457. The van der Waals surface area contributed by atoms with Crippen LogP contribution in [0.4, 0.5) is 18.9 Å². The number of piperazine rings is 2. The first-order valence-corrected chi connectivity index (χ1v) is 15.0. The Balaban J connectivity index is 1.52. The van der Waals surface area contributed by atoms with Gasteiger partial charge >= 0.3 is 6.18 Å². The van der Waals surface area contributed by atoms with E-state index in [2.05, 4.69) is 21.7 Å². The predicted octanol–water partition coefficient (Wildman–Crippen LogP) is 5.57. The molecular weight excluding hydrogens is 574 g/mol. The van der Waals surface area contributed by atoms with E-state index in [0.29, 0.717) is 60.3 Å². The lowest BCUT2D eigenvalue weighted by Gasteiger charge is -2.42. The summed E-state index contributed by atoms with van der Waals surface area (Å²) in [5, 5.41) is 1.09. The molecule has 2 saturated heterocycles. The zero-order chi connectivity index (χ0) is 29.9. The van der Waals surface area contributed by atoms with Crippen molar-refractivity contribution in [3.63, 3.8) is 0 Å². The summed E-state index contributed by atoms with van der Waals surface area (Å²) in [4.78, 5) is 22.4. The first-order valence-electron chi connectivity index (χ1n) is 14.2. The van der Waals surface area contributed by atoms with Gasteiger partial charge in [0.2, 0.25) is 5.91 Å². The van der Waals surface area contributed by atoms with Crippen LogP contribution in [0.15, 0.2) is 36.4 Å². The molecule has 0 bridgehead atoms. The number of nitrogens with zero attached hydrogens (tertiary/aromatic N) is 4. The number of alkyl halides is 3. The van der Waals surface area contributed by atoms with Gasteiger partial charge in [-0.25, -0.2) is 0 Å². The van der Waals surface area contributed by atoms with E-state index in [9.17, 15) is 18.0 Å². The molecule has 2 heterocycles. The van der Waals surface area contributed by atoms with Crippen LogP contribution in [-0.4, -0.2) is 86.1 Å². The summed E-state index contributed by atoms with van der Waals surface area (Å²) in [5.41, 5.74) is 7.82. The highest BCUT2D eigenvalue weighted by Gasteiger charge is 2.35. The Labute approximate surface area is 251 Å². The number of amides is 1. The van der Waals surface area contributed by atoms with Gasteiger partial charge in [-0.05, 0) is 67.3 Å². The van der Waals surface area contributed by atoms with Gasteiger partial charge in [-0.1, -0.05) is 43.1 Å². The lowest BCUT2D eigenvalue weighted by molar-refractivity contribution is -0.138. The van der Waals surface area contributed by atoms with Crippen LogP contribution in [0.25, 0.3) is 0 Å². The molecule has 2 unspecified atom stereocenters. The summed E-state index contributed by atoms with van der Waals surface area (Å²) in [6, 6.07) is 8.34. The van der Waals surface area contributed by atoms with E-state index in [4.69, 9.17) is 28.9 Å². The third-order valence-electron chi connectivity index (χ3n) is 8.10. The third-order valence-corrected chi connectivity index (χ3v) is 8.69. The van der Waals surface area contributed by atoms with E-state index in [0.717, 1.165) is 37.8 Å². The first-order chi connectivity index (χ1) is 19.3. The van der Waals surface area contributed by atoms with Crippen molar-refractivity contribution in [1.29, 1.82) is 0 Å². The van der Waals surface area contributed by atoms with Crippen LogP contribution in [0.1, 0.15) is 43.0 Å². The van der Waals surface area contributed by atoms with Crippen LogP contribution in [0.5, 0.6) is 0 Å². The van der Waals surface area contributed by atoms with Gasteiger partial charge in [0.05, 0.1) is 11.6 Å². The molecule has 0 radical (unpaired) electrons. The fourth-order valence-corrected chi connectivity index (χ4v) is 6.22. The largest absolute Gasteiger partial charge is 0.416 e. The smallest absolute Gasteiger partial charge is 0.368 e. The molecule has 226 valence electrons. The van der Waals surface area contributed by atoms with Gasteiger partial charge < -0.3 is 20.4 Å². The highest BCUT2D eigenvalue weighted by molar-refractivity contribution is 6.35. The maximum absolute atomic E-state index is 14.0. The molecule has 0 aliphatic carbocycles. The minimum atomic E-state index is -4.44. The topological polar surface area (TPSA) is 56.1 Å². The third kappa shape index (κ3) is 8.08. The maximum Gasteiger partial charge on any atom is 0.416 e. The highest BCUT2D eigenvalue weighted by Crippen LogP contribution is 2.36. The number of carbonyl (C=O) groups is 1. The Morgan fingerprint density at radius 3 is 2.20 bits per heavy atom. The van der Waals surface area contributed by atoms with Gasteiger partial charge in [0.25, 0.3) is 0 Å². The molecule has 1 amide bonds. The molecule has 2 aliphatic heterocycles. The Hall–Kier alpha value is -2.04. The van der Waals surface area contributed by atoms with Crippen molar-refractivity contribution in [3.05, 3.63) is 63.1 Å². The standard InChI is InChI=1S/C30H40Cl2F3N5O/c1-20(2)16-26(36)24-18-22(30(33,34)35)5-7-27(24)38-12-14-40(15-13-38)29(41)28(39-10-8-37(3)9-11-39)17-21-4-6-23(31)19-25(21)32/h4-7,18-20,26,28H,8-17,36H2,1-3H3. The summed E-state index contributed by atoms with van der Waals surface area (Å²) < 4.78 is 40.6. The Morgan fingerprint density at radius 1 is 0.951 bits per heavy atom. The Morgan fingerprint density at radius 2 is 1.61 bits per heavy atom. The number of anilines is 1. The summed E-state index contributed by atoms with van der Waals surface area (Å²) in [5.74, 6) is 0.284. The number of halogens is 5. The number of benzene rings is 2. The van der Waals surface area contributed by atoms with Gasteiger partial charge in [0, 0.05) is 74.1 Å². The lowest BCUT2D eigenvalue weighted by Crippen LogP contribution is -2.58. The van der Waals surface area contributed by atoms with E-state index in [1.165, 1.54) is 12.1 Å². The Kier molecular flexibility index (Phi) is 10.5. The summed E-state index contributed by atoms with van der Waals surface area (Å²) in [6.07, 6.45) is -3.39. The molecule has 4 rings (SSSR count). The molecule has 2 aromatic carbocycles. The van der Waals surface area contributed by atoms with Crippen molar-refractivity contribution in [3.8, 4) is 0 Å². The number of likely N-dealkylation sites (N-methyl/N-ethyl adjacent to an activating group) is 1. The normalized spacial score (nSPS) is 19.1. The molecule has 2 aliphatic rings. The molecule has 0 saturated carbocycles. The molecule has 0 aromatic heterocycles. The quantitative estimate of drug-likeness (QED) is 0.422. The molecule has 41 heavy (non-hydrogen) atoms. The second kappa shape index (κ2) is 13.5. The molecule has 11 heteroatoms. The maximum atomic E-state index is 14.0. The molecule has 2 aromatic rings. The number of hydrogen-bond acceptors (Lipinski definition) is 5. The molecular formula is C30H40Cl2F3N5O. The number of carbonyl (C=O) groups excluding carboxylic acids is 1. The molecule has 0 spiro atoms. The highest BCUT2D eigenvalue weighted by atomic mass is 35.5. The summed E-state index contributed by atoms with van der Waals surface area (Å²) in [7, 11) is 2.08. The van der Waals surface area contributed by atoms with Crippen molar-refractivity contribution in [2.24, 2.45) is 11.7 Å². The van der Waals surface area contributed by atoms with Crippen LogP contribution in [0.3, 0.4) is 0 Å². The van der Waals surface area contributed by atoms with Crippen LogP contribution in [0, 0.1) is 5.92 Å². The van der Waals surface area contributed by atoms with Crippen LogP contribution < -0.4 is 10.6 Å². The van der Waals surface area contributed by atoms with Gasteiger partial charge in [-0.3, -0.25) is 9.69 Å². The second-order valence-electron chi connectivity index (χ2n) is 11.6. The Bertz CT molecular complexity index is 1200. The van der Waals surface area contributed by atoms with Gasteiger partial charge in [0.1, 0.15) is 0 Å². The van der Waals surface area contributed by atoms with E-state index < -0.39 is 17.8 Å². The molecule has 2 fully saturated rings. The van der Waals surface area contributed by atoms with Crippen LogP contribution >= 0.6 is 23.2 Å². The van der Waals surface area contributed by atoms with Crippen molar-refractivity contribution in [2.45, 2.75) is 44.9 Å². The number of rotatable bonds is 8. The zero-order valence-electron chi connectivity index (χ0n) is 23.9. The van der Waals surface area contributed by atoms with E-state index in [-0.39, 0.29) is 17.9 Å².